The topological polar surface area (TPSA) is 69.8 Å². The Bertz CT molecular complexity index is 967. The second kappa shape index (κ2) is 5.22. The lowest BCUT2D eigenvalue weighted by Gasteiger charge is -2.06. The third-order valence-corrected chi connectivity index (χ3v) is 3.54. The lowest BCUT2D eigenvalue weighted by atomic mass is 10.3. The Morgan fingerprint density at radius 3 is 2.83 bits per heavy atom. The summed E-state index contributed by atoms with van der Waals surface area (Å²) in [7, 11) is 0. The van der Waals surface area contributed by atoms with Crippen molar-refractivity contribution in [3.8, 4) is 11.5 Å². The molecular formula is C15H12F2N4O3. The number of ether oxygens (including phenoxy) is 2. The molecule has 4 rings (SSSR count). The van der Waals surface area contributed by atoms with Gasteiger partial charge in [-0.3, -0.25) is 4.40 Å². The standard InChI is InChI=1S/C15H12F2N4O3/c16-15(17)23-11-5-4-10(9-12(11)24-15)18-6-8-21-14(22)20-7-2-1-3-13(20)19-21/h1-5,7,9,18H,6,8H2. The third kappa shape index (κ3) is 2.53. The summed E-state index contributed by atoms with van der Waals surface area (Å²) in [5.74, 6) is -0.0444. The molecule has 0 radical (unpaired) electrons. The minimum atomic E-state index is -3.63. The van der Waals surface area contributed by atoms with Gasteiger partial charge in [-0.25, -0.2) is 9.48 Å². The summed E-state index contributed by atoms with van der Waals surface area (Å²) < 4.78 is 37.5. The number of halogens is 2. The Balaban J connectivity index is 1.44. The van der Waals surface area contributed by atoms with Gasteiger partial charge in [-0.05, 0) is 24.3 Å². The van der Waals surface area contributed by atoms with Crippen molar-refractivity contribution in [1.29, 1.82) is 0 Å². The molecule has 1 N–H and O–H groups in total. The van der Waals surface area contributed by atoms with Gasteiger partial charge in [-0.15, -0.1) is 13.9 Å². The first-order valence-electron chi connectivity index (χ1n) is 7.20. The van der Waals surface area contributed by atoms with Crippen molar-refractivity contribution in [2.45, 2.75) is 12.8 Å². The molecule has 0 amide bonds. The smallest absolute Gasteiger partial charge is 0.395 e. The van der Waals surface area contributed by atoms with E-state index in [0.29, 0.717) is 24.4 Å². The van der Waals surface area contributed by atoms with E-state index in [-0.39, 0.29) is 17.2 Å². The molecule has 3 aromatic rings. The molecule has 0 bridgehead atoms. The highest BCUT2D eigenvalue weighted by molar-refractivity contribution is 5.55. The molecule has 1 aliphatic rings. The van der Waals surface area contributed by atoms with Gasteiger partial charge < -0.3 is 14.8 Å². The minimum absolute atomic E-state index is 0.0119. The average molecular weight is 334 g/mol. The molecule has 0 saturated carbocycles. The molecule has 0 unspecified atom stereocenters. The van der Waals surface area contributed by atoms with Crippen molar-refractivity contribution < 1.29 is 18.3 Å². The van der Waals surface area contributed by atoms with Crippen molar-refractivity contribution >= 4 is 11.3 Å². The van der Waals surface area contributed by atoms with Crippen molar-refractivity contribution in [3.05, 3.63) is 53.1 Å². The quantitative estimate of drug-likeness (QED) is 0.789. The third-order valence-electron chi connectivity index (χ3n) is 3.54. The van der Waals surface area contributed by atoms with Gasteiger partial charge in [-0.1, -0.05) is 6.07 Å². The first-order chi connectivity index (χ1) is 11.5. The summed E-state index contributed by atoms with van der Waals surface area (Å²) in [5.41, 5.74) is 0.900. The van der Waals surface area contributed by atoms with E-state index in [0.717, 1.165) is 0 Å². The summed E-state index contributed by atoms with van der Waals surface area (Å²) in [5, 5.41) is 7.24. The van der Waals surface area contributed by atoms with Crippen LogP contribution in [0, 0.1) is 0 Å². The number of hydrogen-bond acceptors (Lipinski definition) is 5. The van der Waals surface area contributed by atoms with Gasteiger partial charge in [0.05, 0.1) is 6.54 Å². The van der Waals surface area contributed by atoms with Gasteiger partial charge in [0.15, 0.2) is 17.1 Å². The number of nitrogens with one attached hydrogen (secondary N) is 1. The molecule has 0 fully saturated rings. The fourth-order valence-corrected chi connectivity index (χ4v) is 2.48. The van der Waals surface area contributed by atoms with E-state index in [4.69, 9.17) is 0 Å². The lowest BCUT2D eigenvalue weighted by Crippen LogP contribution is -2.25. The molecule has 1 aliphatic heterocycles. The number of benzene rings is 1. The van der Waals surface area contributed by atoms with E-state index < -0.39 is 6.29 Å². The van der Waals surface area contributed by atoms with E-state index >= 15 is 0 Å². The molecule has 24 heavy (non-hydrogen) atoms. The van der Waals surface area contributed by atoms with Crippen molar-refractivity contribution in [2.75, 3.05) is 11.9 Å². The molecule has 9 heteroatoms. The molecule has 0 spiro atoms. The maximum Gasteiger partial charge on any atom is 0.586 e. The first kappa shape index (κ1) is 14.5. The second-order valence-corrected chi connectivity index (χ2v) is 5.19. The van der Waals surface area contributed by atoms with Crippen LogP contribution in [0.25, 0.3) is 5.65 Å². The maximum absolute atomic E-state index is 13.0. The summed E-state index contributed by atoms with van der Waals surface area (Å²) in [6.45, 7) is 0.713. The Kier molecular flexibility index (Phi) is 3.15. The number of nitrogens with zero attached hydrogens (tertiary/aromatic N) is 3. The van der Waals surface area contributed by atoms with Gasteiger partial charge in [0.25, 0.3) is 0 Å². The molecule has 1 aromatic carbocycles. The molecule has 2 aromatic heterocycles. The van der Waals surface area contributed by atoms with Gasteiger partial charge in [0.2, 0.25) is 0 Å². The summed E-state index contributed by atoms with van der Waals surface area (Å²) in [6.07, 6.45) is -1.99. The van der Waals surface area contributed by atoms with Gasteiger partial charge in [0.1, 0.15) is 0 Å². The van der Waals surface area contributed by atoms with Crippen molar-refractivity contribution in [3.63, 3.8) is 0 Å². The second-order valence-electron chi connectivity index (χ2n) is 5.19. The van der Waals surface area contributed by atoms with Crippen LogP contribution in [0.3, 0.4) is 0 Å². The largest absolute Gasteiger partial charge is 0.586 e. The normalized spacial score (nSPS) is 14.9. The monoisotopic (exact) mass is 334 g/mol. The van der Waals surface area contributed by atoms with Crippen LogP contribution in [0.4, 0.5) is 14.5 Å². The van der Waals surface area contributed by atoms with Crippen LogP contribution in [0.2, 0.25) is 0 Å². The van der Waals surface area contributed by atoms with Gasteiger partial charge in [0, 0.05) is 24.5 Å². The number of anilines is 1. The summed E-state index contributed by atoms with van der Waals surface area (Å²) in [4.78, 5) is 12.1. The molecule has 7 nitrogen and oxygen atoms in total. The highest BCUT2D eigenvalue weighted by Crippen LogP contribution is 2.42. The number of rotatable bonds is 4. The zero-order valence-electron chi connectivity index (χ0n) is 12.3. The number of hydrogen-bond donors (Lipinski definition) is 1. The number of aromatic nitrogens is 3. The fourth-order valence-electron chi connectivity index (χ4n) is 2.48. The zero-order chi connectivity index (χ0) is 16.7. The molecule has 0 saturated heterocycles. The van der Waals surface area contributed by atoms with Crippen LogP contribution in [0.15, 0.2) is 47.4 Å². The highest BCUT2D eigenvalue weighted by atomic mass is 19.3. The van der Waals surface area contributed by atoms with E-state index in [9.17, 15) is 13.6 Å². The van der Waals surface area contributed by atoms with Crippen LogP contribution in [-0.4, -0.2) is 27.0 Å². The number of fused-ring (bicyclic) bond motifs is 2. The number of alkyl halides is 2. The molecule has 124 valence electrons. The summed E-state index contributed by atoms with van der Waals surface area (Å²) >= 11 is 0. The summed E-state index contributed by atoms with van der Waals surface area (Å²) in [6, 6.07) is 9.70. The van der Waals surface area contributed by atoms with E-state index in [1.807, 2.05) is 0 Å². The van der Waals surface area contributed by atoms with E-state index in [1.54, 1.807) is 30.5 Å². The highest BCUT2D eigenvalue weighted by Gasteiger charge is 2.43. The van der Waals surface area contributed by atoms with Crippen LogP contribution in [0.5, 0.6) is 11.5 Å². The van der Waals surface area contributed by atoms with Crippen molar-refractivity contribution in [2.24, 2.45) is 0 Å². The van der Waals surface area contributed by atoms with Gasteiger partial charge >= 0.3 is 12.0 Å². The predicted octanol–water partition coefficient (Wildman–Crippen LogP) is 1.93. The molecule has 0 atom stereocenters. The average Bonchev–Trinajstić information content (AvgIpc) is 3.03. The SMILES string of the molecule is O=c1n(CCNc2ccc3c(c2)OC(F)(F)O3)nc2ccccn12. The minimum Gasteiger partial charge on any atom is -0.395 e. The molecule has 3 heterocycles. The number of pyridine rings is 1. The van der Waals surface area contributed by atoms with E-state index in [2.05, 4.69) is 19.9 Å². The first-order valence-corrected chi connectivity index (χ1v) is 7.20. The van der Waals surface area contributed by atoms with Gasteiger partial charge in [-0.2, -0.15) is 0 Å². The van der Waals surface area contributed by atoms with Crippen molar-refractivity contribution in [1.82, 2.24) is 14.2 Å². The van der Waals surface area contributed by atoms with Crippen LogP contribution in [0.1, 0.15) is 0 Å². The van der Waals surface area contributed by atoms with Crippen LogP contribution in [-0.2, 0) is 6.54 Å². The zero-order valence-corrected chi connectivity index (χ0v) is 12.3. The Morgan fingerprint density at radius 2 is 2.00 bits per heavy atom. The Hall–Kier alpha value is -3.10. The van der Waals surface area contributed by atoms with Crippen LogP contribution < -0.4 is 20.5 Å². The predicted molar refractivity (Wildman–Crippen MR) is 80.6 cm³/mol. The molecule has 0 aliphatic carbocycles. The van der Waals surface area contributed by atoms with E-state index in [1.165, 1.54) is 21.2 Å². The fraction of sp³-hybridized carbons (Fsp3) is 0.200. The molecular weight excluding hydrogens is 322 g/mol. The maximum atomic E-state index is 13.0. The Morgan fingerprint density at radius 1 is 1.17 bits per heavy atom. The van der Waals surface area contributed by atoms with Crippen LogP contribution >= 0.6 is 0 Å². The lowest BCUT2D eigenvalue weighted by molar-refractivity contribution is -0.286. The Labute approximate surface area is 134 Å².